The SMILES string of the molecule is Cc1cc(C(=O)COC(=O)COc2ccc(Br)cc2)c(C)n1-c1ccc(F)cc1. The van der Waals surface area contributed by atoms with Crippen LogP contribution in [0.4, 0.5) is 4.39 Å². The Labute approximate surface area is 176 Å². The van der Waals surface area contributed by atoms with Crippen LogP contribution >= 0.6 is 15.9 Å². The van der Waals surface area contributed by atoms with Gasteiger partial charge >= 0.3 is 5.97 Å². The number of aromatic nitrogens is 1. The van der Waals surface area contributed by atoms with Crippen molar-refractivity contribution in [1.82, 2.24) is 4.57 Å². The third-order valence-electron chi connectivity index (χ3n) is 4.35. The van der Waals surface area contributed by atoms with Gasteiger partial charge < -0.3 is 14.0 Å². The fourth-order valence-electron chi connectivity index (χ4n) is 2.97. The Hall–Kier alpha value is -2.93. The van der Waals surface area contributed by atoms with E-state index >= 15 is 0 Å². The maximum atomic E-state index is 13.2. The van der Waals surface area contributed by atoms with Gasteiger partial charge in [0.15, 0.2) is 13.2 Å². The predicted octanol–water partition coefficient (Wildman–Crippen LogP) is 4.80. The monoisotopic (exact) mass is 459 g/mol. The minimum absolute atomic E-state index is 0.288. The summed E-state index contributed by atoms with van der Waals surface area (Å²) < 4.78 is 26.3. The van der Waals surface area contributed by atoms with Crippen molar-refractivity contribution in [1.29, 1.82) is 0 Å². The van der Waals surface area contributed by atoms with Gasteiger partial charge in [0.05, 0.1) is 0 Å². The molecule has 150 valence electrons. The molecule has 3 rings (SSSR count). The zero-order chi connectivity index (χ0) is 21.0. The second kappa shape index (κ2) is 9.05. The number of aryl methyl sites for hydroxylation is 1. The number of ketones is 1. The minimum Gasteiger partial charge on any atom is -0.482 e. The van der Waals surface area contributed by atoms with Crippen LogP contribution in [0.2, 0.25) is 0 Å². The minimum atomic E-state index is -0.631. The molecule has 0 bridgehead atoms. The molecule has 0 amide bonds. The van der Waals surface area contributed by atoms with Crippen LogP contribution in [0.5, 0.6) is 5.75 Å². The lowest BCUT2D eigenvalue weighted by Gasteiger charge is -2.10. The first-order valence-corrected chi connectivity index (χ1v) is 9.66. The summed E-state index contributed by atoms with van der Waals surface area (Å²) in [6, 6.07) is 14.8. The van der Waals surface area contributed by atoms with Crippen molar-refractivity contribution in [3.8, 4) is 11.4 Å². The van der Waals surface area contributed by atoms with Gasteiger partial charge in [-0.05, 0) is 68.4 Å². The quantitative estimate of drug-likeness (QED) is 0.376. The Morgan fingerprint density at radius 3 is 2.31 bits per heavy atom. The normalized spacial score (nSPS) is 10.6. The predicted molar refractivity (Wildman–Crippen MR) is 110 cm³/mol. The lowest BCUT2D eigenvalue weighted by molar-refractivity contribution is -0.144. The van der Waals surface area contributed by atoms with Gasteiger partial charge in [-0.2, -0.15) is 0 Å². The molecular weight excluding hydrogens is 441 g/mol. The summed E-state index contributed by atoms with van der Waals surface area (Å²) in [6.45, 7) is 2.98. The number of nitrogens with zero attached hydrogens (tertiary/aromatic N) is 1. The summed E-state index contributed by atoms with van der Waals surface area (Å²) in [4.78, 5) is 24.4. The van der Waals surface area contributed by atoms with E-state index < -0.39 is 5.97 Å². The average molecular weight is 460 g/mol. The molecule has 0 saturated heterocycles. The number of ether oxygens (including phenoxy) is 2. The van der Waals surface area contributed by atoms with Crippen molar-refractivity contribution in [2.45, 2.75) is 13.8 Å². The summed E-state index contributed by atoms with van der Waals surface area (Å²) in [7, 11) is 0. The topological polar surface area (TPSA) is 57.5 Å². The van der Waals surface area contributed by atoms with Crippen LogP contribution in [0.15, 0.2) is 59.1 Å². The first-order chi connectivity index (χ1) is 13.8. The molecule has 7 heteroatoms. The molecule has 0 saturated carbocycles. The summed E-state index contributed by atoms with van der Waals surface area (Å²) >= 11 is 3.32. The van der Waals surface area contributed by atoms with Crippen molar-refractivity contribution < 1.29 is 23.5 Å². The molecule has 5 nitrogen and oxygen atoms in total. The smallest absolute Gasteiger partial charge is 0.344 e. The van der Waals surface area contributed by atoms with E-state index in [0.717, 1.165) is 15.9 Å². The molecule has 0 radical (unpaired) electrons. The molecule has 2 aromatic carbocycles. The number of benzene rings is 2. The Kier molecular flexibility index (Phi) is 6.49. The maximum Gasteiger partial charge on any atom is 0.344 e. The van der Waals surface area contributed by atoms with Gasteiger partial charge in [-0.25, -0.2) is 9.18 Å². The van der Waals surface area contributed by atoms with Gasteiger partial charge in [0, 0.05) is 27.1 Å². The fraction of sp³-hybridized carbons (Fsp3) is 0.182. The second-order valence-electron chi connectivity index (χ2n) is 6.42. The van der Waals surface area contributed by atoms with Gasteiger partial charge in [-0.3, -0.25) is 4.79 Å². The lowest BCUT2D eigenvalue weighted by Crippen LogP contribution is -2.19. The number of Topliss-reactive ketones (excluding diaryl/α,β-unsaturated/α-hetero) is 1. The molecule has 3 aromatic rings. The van der Waals surface area contributed by atoms with E-state index in [1.54, 1.807) is 49.4 Å². The number of rotatable bonds is 7. The lowest BCUT2D eigenvalue weighted by atomic mass is 10.1. The number of hydrogen-bond acceptors (Lipinski definition) is 4. The van der Waals surface area contributed by atoms with Crippen LogP contribution < -0.4 is 4.74 Å². The molecule has 0 aliphatic carbocycles. The summed E-state index contributed by atoms with van der Waals surface area (Å²) in [5.74, 6) is -0.749. The number of carbonyl (C=O) groups is 2. The van der Waals surface area contributed by atoms with E-state index in [1.165, 1.54) is 12.1 Å². The third-order valence-corrected chi connectivity index (χ3v) is 4.88. The highest BCUT2D eigenvalue weighted by molar-refractivity contribution is 9.10. The molecule has 0 unspecified atom stereocenters. The van der Waals surface area contributed by atoms with Crippen LogP contribution in [0, 0.1) is 19.7 Å². The van der Waals surface area contributed by atoms with Crippen molar-refractivity contribution in [2.24, 2.45) is 0 Å². The zero-order valence-corrected chi connectivity index (χ0v) is 17.5. The largest absolute Gasteiger partial charge is 0.482 e. The summed E-state index contributed by atoms with van der Waals surface area (Å²) in [5.41, 5.74) is 2.72. The highest BCUT2D eigenvalue weighted by Gasteiger charge is 2.18. The van der Waals surface area contributed by atoms with Crippen molar-refractivity contribution in [3.05, 3.63) is 81.8 Å². The molecule has 0 spiro atoms. The summed E-state index contributed by atoms with van der Waals surface area (Å²) in [6.07, 6.45) is 0. The van der Waals surface area contributed by atoms with Crippen LogP contribution in [-0.4, -0.2) is 29.5 Å². The fourth-order valence-corrected chi connectivity index (χ4v) is 3.24. The van der Waals surface area contributed by atoms with Gasteiger partial charge in [0.25, 0.3) is 0 Å². The Morgan fingerprint density at radius 1 is 1.00 bits per heavy atom. The zero-order valence-electron chi connectivity index (χ0n) is 15.9. The van der Waals surface area contributed by atoms with E-state index in [2.05, 4.69) is 15.9 Å². The molecular formula is C22H19BrFNO4. The van der Waals surface area contributed by atoms with Crippen LogP contribution in [0.1, 0.15) is 21.7 Å². The van der Waals surface area contributed by atoms with E-state index in [4.69, 9.17) is 9.47 Å². The number of esters is 1. The highest BCUT2D eigenvalue weighted by Crippen LogP contribution is 2.22. The Balaban J connectivity index is 1.60. The van der Waals surface area contributed by atoms with Gasteiger partial charge in [0.2, 0.25) is 5.78 Å². The molecule has 29 heavy (non-hydrogen) atoms. The molecule has 0 aliphatic heterocycles. The van der Waals surface area contributed by atoms with E-state index in [9.17, 15) is 14.0 Å². The van der Waals surface area contributed by atoms with Crippen LogP contribution in [0.25, 0.3) is 5.69 Å². The number of carbonyl (C=O) groups excluding carboxylic acids is 2. The standard InChI is InChI=1S/C22H19BrFNO4/c1-14-11-20(15(2)25(14)18-7-5-17(24)6-8-18)21(26)12-29-22(27)13-28-19-9-3-16(23)4-10-19/h3-11H,12-13H2,1-2H3. The first-order valence-electron chi connectivity index (χ1n) is 8.87. The first kappa shape index (κ1) is 20.8. The highest BCUT2D eigenvalue weighted by atomic mass is 79.9. The molecule has 1 heterocycles. The van der Waals surface area contributed by atoms with Crippen LogP contribution in [-0.2, 0) is 9.53 Å². The molecule has 0 atom stereocenters. The van der Waals surface area contributed by atoms with Crippen molar-refractivity contribution >= 4 is 27.7 Å². The molecule has 0 aliphatic rings. The Bertz CT molecular complexity index is 1030. The van der Waals surface area contributed by atoms with Gasteiger partial charge in [0.1, 0.15) is 11.6 Å². The number of halogens is 2. The van der Waals surface area contributed by atoms with E-state index in [1.807, 2.05) is 11.5 Å². The van der Waals surface area contributed by atoms with Crippen molar-refractivity contribution in [3.63, 3.8) is 0 Å². The number of hydrogen-bond donors (Lipinski definition) is 0. The molecule has 0 N–H and O–H groups in total. The summed E-state index contributed by atoms with van der Waals surface area (Å²) in [5, 5.41) is 0. The van der Waals surface area contributed by atoms with Gasteiger partial charge in [-0.1, -0.05) is 15.9 Å². The molecule has 0 fully saturated rings. The third kappa shape index (κ3) is 5.12. The average Bonchev–Trinajstić information content (AvgIpc) is 3.00. The molecule has 1 aromatic heterocycles. The maximum absolute atomic E-state index is 13.2. The van der Waals surface area contributed by atoms with E-state index in [0.29, 0.717) is 17.0 Å². The van der Waals surface area contributed by atoms with E-state index in [-0.39, 0.29) is 24.8 Å². The van der Waals surface area contributed by atoms with Gasteiger partial charge in [-0.15, -0.1) is 0 Å². The van der Waals surface area contributed by atoms with Crippen molar-refractivity contribution in [2.75, 3.05) is 13.2 Å². The Morgan fingerprint density at radius 2 is 1.66 bits per heavy atom. The second-order valence-corrected chi connectivity index (χ2v) is 7.34. The van der Waals surface area contributed by atoms with Crippen LogP contribution in [0.3, 0.4) is 0 Å².